The van der Waals surface area contributed by atoms with Gasteiger partial charge in [0.2, 0.25) is 0 Å². The fourth-order valence-electron chi connectivity index (χ4n) is 2.77. The third-order valence-electron chi connectivity index (χ3n) is 3.98. The maximum atomic E-state index is 6.01. The Bertz CT molecular complexity index is 541. The molecule has 0 radical (unpaired) electrons. The monoisotopic (exact) mass is 306 g/mol. The zero-order valence-electron chi connectivity index (χ0n) is 13.2. The van der Waals surface area contributed by atoms with Gasteiger partial charge >= 0.3 is 0 Å². The van der Waals surface area contributed by atoms with Gasteiger partial charge in [-0.1, -0.05) is 36.9 Å². The fraction of sp³-hybridized carbons (Fsp3) is 0.529. The van der Waals surface area contributed by atoms with Crippen LogP contribution in [0.3, 0.4) is 0 Å². The average Bonchev–Trinajstić information content (AvgIpc) is 2.77. The van der Waals surface area contributed by atoms with Gasteiger partial charge in [-0.3, -0.25) is 0 Å². The van der Waals surface area contributed by atoms with Crippen LogP contribution >= 0.6 is 0 Å². The third kappa shape index (κ3) is 2.77. The summed E-state index contributed by atoms with van der Waals surface area (Å²) in [6.07, 6.45) is -0.819. The van der Waals surface area contributed by atoms with Crippen LogP contribution in [0.5, 0.6) is 0 Å². The van der Waals surface area contributed by atoms with Crippen molar-refractivity contribution in [1.29, 1.82) is 0 Å². The van der Waals surface area contributed by atoms with E-state index < -0.39 is 23.8 Å². The lowest BCUT2D eigenvalue weighted by atomic mass is 10.0. The van der Waals surface area contributed by atoms with Gasteiger partial charge in [0.15, 0.2) is 11.9 Å². The first-order chi connectivity index (χ1) is 10.5. The minimum absolute atomic E-state index is 0.269. The average molecular weight is 306 g/mol. The number of methoxy groups -OCH3 is 1. The van der Waals surface area contributed by atoms with Crippen LogP contribution < -0.4 is 0 Å². The van der Waals surface area contributed by atoms with Crippen molar-refractivity contribution < 1.29 is 23.7 Å². The highest BCUT2D eigenvalue weighted by atomic mass is 16.8. The Labute approximate surface area is 130 Å². The minimum atomic E-state index is -0.992. The Morgan fingerprint density at radius 2 is 2.00 bits per heavy atom. The van der Waals surface area contributed by atoms with Crippen LogP contribution in [0.4, 0.5) is 0 Å². The first-order valence-electron chi connectivity index (χ1n) is 7.36. The molecule has 1 aromatic carbocycles. The van der Waals surface area contributed by atoms with Gasteiger partial charge in [0.25, 0.3) is 5.79 Å². The Balaban J connectivity index is 1.76. The highest BCUT2D eigenvalue weighted by Gasteiger charge is 2.60. The number of rotatable bonds is 4. The predicted molar refractivity (Wildman–Crippen MR) is 79.9 cm³/mol. The van der Waals surface area contributed by atoms with Gasteiger partial charge in [0, 0.05) is 7.11 Å². The molecule has 0 aliphatic carbocycles. The molecule has 0 amide bonds. The van der Waals surface area contributed by atoms with Crippen molar-refractivity contribution in [3.63, 3.8) is 0 Å². The summed E-state index contributed by atoms with van der Waals surface area (Å²) in [6, 6.07) is 9.95. The fourth-order valence-corrected chi connectivity index (χ4v) is 2.77. The van der Waals surface area contributed by atoms with Crippen molar-refractivity contribution in [3.8, 4) is 0 Å². The molecular formula is C17H22O5. The molecule has 22 heavy (non-hydrogen) atoms. The standard InChI is InChI=1S/C17H22O5/c1-12-14(19-10-13-8-6-5-7-9-13)15-17(18-4,21-12)11-20-16(2,3)22-15/h5-9,14-15H,1,10-11H2,2-4H3/t14-,15+,17+/m1/s1. The lowest BCUT2D eigenvalue weighted by molar-refractivity contribution is -0.381. The van der Waals surface area contributed by atoms with Crippen LogP contribution in [0.25, 0.3) is 0 Å². The molecule has 0 unspecified atom stereocenters. The Morgan fingerprint density at radius 1 is 1.27 bits per heavy atom. The molecule has 5 nitrogen and oxygen atoms in total. The highest BCUT2D eigenvalue weighted by molar-refractivity contribution is 5.16. The quantitative estimate of drug-likeness (QED) is 0.855. The summed E-state index contributed by atoms with van der Waals surface area (Å²) in [7, 11) is 1.57. The van der Waals surface area contributed by atoms with Gasteiger partial charge in [-0.25, -0.2) is 0 Å². The number of benzene rings is 1. The molecule has 0 N–H and O–H groups in total. The predicted octanol–water partition coefficient (Wildman–Crippen LogP) is 2.61. The molecule has 2 saturated heterocycles. The molecular weight excluding hydrogens is 284 g/mol. The Morgan fingerprint density at radius 3 is 2.68 bits per heavy atom. The van der Waals surface area contributed by atoms with Gasteiger partial charge in [-0.15, -0.1) is 0 Å². The van der Waals surface area contributed by atoms with E-state index in [4.69, 9.17) is 23.7 Å². The summed E-state index contributed by atoms with van der Waals surface area (Å²) in [5.74, 6) is -1.20. The minimum Gasteiger partial charge on any atom is -0.459 e. The van der Waals surface area contributed by atoms with Gasteiger partial charge in [0.1, 0.15) is 18.5 Å². The SMILES string of the molecule is C=C1O[C@@]2(OC)COC(C)(C)O[C@H]2[C@@H]1OCc1ccccc1. The topological polar surface area (TPSA) is 46.2 Å². The zero-order chi connectivity index (χ0) is 15.8. The largest absolute Gasteiger partial charge is 0.459 e. The summed E-state index contributed by atoms with van der Waals surface area (Å²) in [5.41, 5.74) is 1.08. The normalized spacial score (nSPS) is 33.3. The Kier molecular flexibility index (Phi) is 3.99. The van der Waals surface area contributed by atoms with Crippen molar-refractivity contribution in [2.45, 2.75) is 44.2 Å². The van der Waals surface area contributed by atoms with E-state index in [0.29, 0.717) is 12.4 Å². The lowest BCUT2D eigenvalue weighted by Gasteiger charge is -2.43. The van der Waals surface area contributed by atoms with Gasteiger partial charge in [-0.2, -0.15) is 0 Å². The molecule has 120 valence electrons. The van der Waals surface area contributed by atoms with E-state index in [0.717, 1.165) is 5.56 Å². The molecule has 5 heteroatoms. The van der Waals surface area contributed by atoms with Crippen molar-refractivity contribution in [1.82, 2.24) is 0 Å². The van der Waals surface area contributed by atoms with Crippen molar-refractivity contribution in [2.75, 3.05) is 13.7 Å². The van der Waals surface area contributed by atoms with Crippen LogP contribution in [-0.4, -0.2) is 37.5 Å². The summed E-state index contributed by atoms with van der Waals surface area (Å²) >= 11 is 0. The van der Waals surface area contributed by atoms with E-state index in [2.05, 4.69) is 6.58 Å². The van der Waals surface area contributed by atoms with Crippen LogP contribution in [0.1, 0.15) is 19.4 Å². The molecule has 0 bridgehead atoms. The van der Waals surface area contributed by atoms with E-state index in [-0.39, 0.29) is 6.61 Å². The molecule has 2 aliphatic rings. The van der Waals surface area contributed by atoms with Crippen LogP contribution in [-0.2, 0) is 30.3 Å². The molecule has 3 atom stereocenters. The highest BCUT2D eigenvalue weighted by Crippen LogP contribution is 2.43. The van der Waals surface area contributed by atoms with E-state index >= 15 is 0 Å². The number of hydrogen-bond donors (Lipinski definition) is 0. The molecule has 2 fully saturated rings. The number of hydrogen-bond acceptors (Lipinski definition) is 5. The number of ether oxygens (including phenoxy) is 5. The zero-order valence-corrected chi connectivity index (χ0v) is 13.2. The van der Waals surface area contributed by atoms with Crippen molar-refractivity contribution in [3.05, 3.63) is 48.2 Å². The van der Waals surface area contributed by atoms with E-state index in [9.17, 15) is 0 Å². The third-order valence-corrected chi connectivity index (χ3v) is 3.98. The van der Waals surface area contributed by atoms with Crippen molar-refractivity contribution >= 4 is 0 Å². The first-order valence-corrected chi connectivity index (χ1v) is 7.36. The Hall–Kier alpha value is -1.40. The molecule has 0 saturated carbocycles. The molecule has 0 aromatic heterocycles. The molecule has 2 aliphatic heterocycles. The van der Waals surface area contributed by atoms with Gasteiger partial charge < -0.3 is 23.7 Å². The number of fused-ring (bicyclic) bond motifs is 1. The van der Waals surface area contributed by atoms with E-state index in [1.807, 2.05) is 44.2 Å². The molecule has 0 spiro atoms. The van der Waals surface area contributed by atoms with Crippen LogP contribution in [0.2, 0.25) is 0 Å². The maximum Gasteiger partial charge on any atom is 0.263 e. The lowest BCUT2D eigenvalue weighted by Crippen LogP contribution is -2.59. The van der Waals surface area contributed by atoms with E-state index in [1.165, 1.54) is 0 Å². The van der Waals surface area contributed by atoms with E-state index in [1.54, 1.807) is 7.11 Å². The maximum absolute atomic E-state index is 6.01. The van der Waals surface area contributed by atoms with Gasteiger partial charge in [0.05, 0.1) is 6.61 Å². The van der Waals surface area contributed by atoms with Gasteiger partial charge in [-0.05, 0) is 19.4 Å². The first kappa shape index (κ1) is 15.5. The molecule has 3 rings (SSSR count). The van der Waals surface area contributed by atoms with Crippen LogP contribution in [0.15, 0.2) is 42.7 Å². The summed E-state index contributed by atoms with van der Waals surface area (Å²) in [6.45, 7) is 8.40. The second-order valence-electron chi connectivity index (χ2n) is 6.03. The molecule has 1 aromatic rings. The second kappa shape index (κ2) is 5.66. The second-order valence-corrected chi connectivity index (χ2v) is 6.03. The molecule has 2 heterocycles. The van der Waals surface area contributed by atoms with Crippen LogP contribution in [0, 0.1) is 0 Å². The smallest absolute Gasteiger partial charge is 0.263 e. The summed E-state index contributed by atoms with van der Waals surface area (Å²) in [5, 5.41) is 0. The summed E-state index contributed by atoms with van der Waals surface area (Å²) < 4.78 is 29.0. The summed E-state index contributed by atoms with van der Waals surface area (Å²) in [4.78, 5) is 0. The van der Waals surface area contributed by atoms with Crippen molar-refractivity contribution in [2.24, 2.45) is 0 Å².